The quantitative estimate of drug-likeness (QED) is 0.572. The molecule has 0 bridgehead atoms. The van der Waals surface area contributed by atoms with Crippen molar-refractivity contribution >= 4 is 29.3 Å². The zero-order valence-electron chi connectivity index (χ0n) is 19.8. The van der Waals surface area contributed by atoms with Gasteiger partial charge in [-0.3, -0.25) is 4.79 Å². The topological polar surface area (TPSA) is 126 Å². The summed E-state index contributed by atoms with van der Waals surface area (Å²) in [5.74, 6) is 1.09. The van der Waals surface area contributed by atoms with Crippen molar-refractivity contribution in [2.75, 3.05) is 37.4 Å². The van der Waals surface area contributed by atoms with E-state index in [9.17, 15) is 9.59 Å². The van der Waals surface area contributed by atoms with Gasteiger partial charge in [0.15, 0.2) is 11.5 Å². The van der Waals surface area contributed by atoms with Crippen LogP contribution in [0, 0.1) is 0 Å². The molecule has 1 saturated carbocycles. The minimum Gasteiger partial charge on any atom is -0.490 e. The summed E-state index contributed by atoms with van der Waals surface area (Å²) in [6, 6.07) is 7.47. The van der Waals surface area contributed by atoms with E-state index in [0.29, 0.717) is 24.3 Å². The molecule has 1 atom stereocenters. The van der Waals surface area contributed by atoms with Gasteiger partial charge in [-0.15, -0.1) is 0 Å². The van der Waals surface area contributed by atoms with Gasteiger partial charge in [-0.1, -0.05) is 0 Å². The number of nitrogens with zero attached hydrogens (tertiary/aromatic N) is 4. The van der Waals surface area contributed by atoms with E-state index in [0.717, 1.165) is 43.7 Å². The zero-order valence-corrected chi connectivity index (χ0v) is 19.8. The highest BCUT2D eigenvalue weighted by molar-refractivity contribution is 5.96. The van der Waals surface area contributed by atoms with E-state index in [2.05, 4.69) is 25.5 Å². The Kier molecular flexibility index (Phi) is 7.34. The van der Waals surface area contributed by atoms with E-state index >= 15 is 0 Å². The Morgan fingerprint density at radius 3 is 2.53 bits per heavy atom. The second-order valence-corrected chi connectivity index (χ2v) is 9.09. The first-order valence-electron chi connectivity index (χ1n) is 11.8. The third-order valence-corrected chi connectivity index (χ3v) is 6.19. The molecule has 0 radical (unpaired) electrons. The van der Waals surface area contributed by atoms with Gasteiger partial charge in [0.1, 0.15) is 11.6 Å². The Morgan fingerprint density at radius 1 is 1.12 bits per heavy atom. The van der Waals surface area contributed by atoms with Crippen molar-refractivity contribution in [2.24, 2.45) is 5.73 Å². The van der Waals surface area contributed by atoms with Crippen molar-refractivity contribution < 1.29 is 14.3 Å². The molecule has 3 amide bonds. The lowest BCUT2D eigenvalue weighted by Crippen LogP contribution is -2.50. The van der Waals surface area contributed by atoms with Crippen molar-refractivity contribution in [3.05, 3.63) is 36.2 Å². The fourth-order valence-electron chi connectivity index (χ4n) is 4.36. The molecule has 2 aliphatic rings. The molecular weight excluding hydrogens is 434 g/mol. The third kappa shape index (κ3) is 5.86. The van der Waals surface area contributed by atoms with Crippen LogP contribution in [0.2, 0.25) is 0 Å². The predicted octanol–water partition coefficient (Wildman–Crippen LogP) is 2.88. The van der Waals surface area contributed by atoms with Crippen LogP contribution in [0.4, 0.5) is 22.1 Å². The lowest BCUT2D eigenvalue weighted by atomic mass is 10.1. The molecule has 2 fully saturated rings. The monoisotopic (exact) mass is 467 g/mol. The lowest BCUT2D eigenvalue weighted by molar-refractivity contribution is 0.0996. The molecule has 10 heteroatoms. The molecule has 1 aromatic carbocycles. The van der Waals surface area contributed by atoms with Gasteiger partial charge >= 0.3 is 6.03 Å². The number of aromatic nitrogens is 2. The molecule has 2 heterocycles. The Labute approximate surface area is 199 Å². The molecule has 2 aromatic rings. The van der Waals surface area contributed by atoms with Crippen LogP contribution in [0.15, 0.2) is 30.5 Å². The average Bonchev–Trinajstić information content (AvgIpc) is 3.33. The van der Waals surface area contributed by atoms with Crippen molar-refractivity contribution in [2.45, 2.75) is 50.7 Å². The van der Waals surface area contributed by atoms with E-state index in [1.54, 1.807) is 20.3 Å². The highest BCUT2D eigenvalue weighted by atomic mass is 16.5. The molecule has 1 unspecified atom stereocenters. The summed E-state index contributed by atoms with van der Waals surface area (Å²) in [5.41, 5.74) is 6.38. The van der Waals surface area contributed by atoms with Crippen LogP contribution in [-0.4, -0.2) is 66.1 Å². The second kappa shape index (κ2) is 10.6. The van der Waals surface area contributed by atoms with Crippen LogP contribution in [0.25, 0.3) is 0 Å². The molecule has 34 heavy (non-hydrogen) atoms. The number of urea groups is 1. The van der Waals surface area contributed by atoms with Gasteiger partial charge in [0.05, 0.1) is 12.3 Å². The molecule has 182 valence electrons. The van der Waals surface area contributed by atoms with E-state index in [1.807, 2.05) is 24.3 Å². The van der Waals surface area contributed by atoms with Crippen molar-refractivity contribution in [1.82, 2.24) is 20.2 Å². The van der Waals surface area contributed by atoms with E-state index in [4.69, 9.17) is 10.5 Å². The smallest absolute Gasteiger partial charge is 0.317 e. The number of hydrogen-bond donors (Lipinski definition) is 3. The van der Waals surface area contributed by atoms with E-state index < -0.39 is 5.91 Å². The fraction of sp³-hybridized carbons (Fsp3) is 0.500. The SMILES string of the molecule is CN(C)C(=O)NC1CCCN(c2cnc(C(N)=O)c(Nc3ccc(OC4CCCC4)cc3)n2)C1. The van der Waals surface area contributed by atoms with Crippen LogP contribution < -0.4 is 26.0 Å². The number of anilines is 3. The van der Waals surface area contributed by atoms with E-state index in [-0.39, 0.29) is 17.8 Å². The van der Waals surface area contributed by atoms with Gasteiger partial charge < -0.3 is 30.9 Å². The van der Waals surface area contributed by atoms with Crippen molar-refractivity contribution in [1.29, 1.82) is 0 Å². The third-order valence-electron chi connectivity index (χ3n) is 6.19. The van der Waals surface area contributed by atoms with Crippen molar-refractivity contribution in [3.8, 4) is 5.75 Å². The number of hydrogen-bond acceptors (Lipinski definition) is 7. The molecular formula is C24H33N7O3. The van der Waals surface area contributed by atoms with Gasteiger partial charge in [0, 0.05) is 38.9 Å². The molecule has 1 aliphatic heterocycles. The largest absolute Gasteiger partial charge is 0.490 e. The first-order valence-corrected chi connectivity index (χ1v) is 11.8. The summed E-state index contributed by atoms with van der Waals surface area (Å²) in [6.45, 7) is 1.39. The average molecular weight is 468 g/mol. The maximum absolute atomic E-state index is 12.0. The molecule has 1 saturated heterocycles. The van der Waals surface area contributed by atoms with Gasteiger partial charge in [0.25, 0.3) is 5.91 Å². The Bertz CT molecular complexity index is 1010. The van der Waals surface area contributed by atoms with Crippen molar-refractivity contribution in [3.63, 3.8) is 0 Å². The second-order valence-electron chi connectivity index (χ2n) is 9.09. The predicted molar refractivity (Wildman–Crippen MR) is 131 cm³/mol. The normalized spacial score (nSPS) is 18.4. The van der Waals surface area contributed by atoms with Crippen LogP contribution in [0.5, 0.6) is 5.75 Å². The summed E-state index contributed by atoms with van der Waals surface area (Å²) >= 11 is 0. The fourth-order valence-corrected chi connectivity index (χ4v) is 4.36. The number of amides is 3. The number of benzene rings is 1. The number of rotatable bonds is 7. The highest BCUT2D eigenvalue weighted by Gasteiger charge is 2.24. The number of piperidine rings is 1. The minimum absolute atomic E-state index is 0.00471. The van der Waals surface area contributed by atoms with Crippen LogP contribution in [0.3, 0.4) is 0 Å². The van der Waals surface area contributed by atoms with E-state index in [1.165, 1.54) is 17.7 Å². The number of carbonyl (C=O) groups excluding carboxylic acids is 2. The Hall–Kier alpha value is -3.56. The van der Waals surface area contributed by atoms with Gasteiger partial charge in [-0.05, 0) is 62.8 Å². The number of primary amides is 1. The summed E-state index contributed by atoms with van der Waals surface area (Å²) in [5, 5.41) is 6.21. The molecule has 4 N–H and O–H groups in total. The van der Waals surface area contributed by atoms with Crippen LogP contribution >= 0.6 is 0 Å². The van der Waals surface area contributed by atoms with Gasteiger partial charge in [-0.25, -0.2) is 14.8 Å². The maximum atomic E-state index is 12.0. The minimum atomic E-state index is -0.655. The van der Waals surface area contributed by atoms with Crippen LogP contribution in [-0.2, 0) is 0 Å². The number of nitrogens with two attached hydrogens (primary N) is 1. The summed E-state index contributed by atoms with van der Waals surface area (Å²) in [7, 11) is 3.44. The Morgan fingerprint density at radius 2 is 1.85 bits per heavy atom. The van der Waals surface area contributed by atoms with Crippen LogP contribution in [0.1, 0.15) is 49.0 Å². The first-order chi connectivity index (χ1) is 16.4. The number of nitrogens with one attached hydrogen (secondary N) is 2. The Balaban J connectivity index is 1.47. The molecule has 1 aromatic heterocycles. The first kappa shape index (κ1) is 23.6. The highest BCUT2D eigenvalue weighted by Crippen LogP contribution is 2.27. The maximum Gasteiger partial charge on any atom is 0.317 e. The van der Waals surface area contributed by atoms with Gasteiger partial charge in [-0.2, -0.15) is 0 Å². The number of carbonyl (C=O) groups is 2. The molecule has 0 spiro atoms. The molecule has 10 nitrogen and oxygen atoms in total. The lowest BCUT2D eigenvalue weighted by Gasteiger charge is -2.34. The summed E-state index contributed by atoms with van der Waals surface area (Å²) < 4.78 is 6.02. The molecule has 1 aliphatic carbocycles. The summed E-state index contributed by atoms with van der Waals surface area (Å²) in [4.78, 5) is 36.6. The number of ether oxygens (including phenoxy) is 1. The standard InChI is InChI=1S/C24H33N7O3/c1-30(2)24(33)28-17-6-5-13-31(15-17)20-14-26-21(22(25)32)23(29-20)27-16-9-11-19(12-10-16)34-18-7-3-4-8-18/h9-12,14,17-18H,3-8,13,15H2,1-2H3,(H2,25,32)(H,27,29)(H,28,33). The summed E-state index contributed by atoms with van der Waals surface area (Å²) in [6.07, 6.45) is 8.27. The zero-order chi connectivity index (χ0) is 24.1. The van der Waals surface area contributed by atoms with Gasteiger partial charge in [0.2, 0.25) is 0 Å². The molecule has 4 rings (SSSR count).